The summed E-state index contributed by atoms with van der Waals surface area (Å²) >= 11 is 0. The van der Waals surface area contributed by atoms with Crippen molar-refractivity contribution in [2.45, 2.75) is 0 Å². The van der Waals surface area contributed by atoms with Crippen molar-refractivity contribution in [3.8, 4) is 33.8 Å². The van der Waals surface area contributed by atoms with Crippen LogP contribution in [0.4, 0.5) is 0 Å². The molecule has 0 radical (unpaired) electrons. The fourth-order valence-electron chi connectivity index (χ4n) is 3.35. The maximum Gasteiger partial charge on any atom is 0.118 e. The van der Waals surface area contributed by atoms with E-state index in [-0.39, 0.29) is 0 Å². The lowest BCUT2D eigenvalue weighted by molar-refractivity contribution is 0.414. The zero-order valence-electron chi connectivity index (χ0n) is 14.9. The minimum Gasteiger partial charge on any atom is -0.497 e. The molecule has 2 heteroatoms. The predicted molar refractivity (Wildman–Crippen MR) is 108 cm³/mol. The van der Waals surface area contributed by atoms with E-state index in [1.807, 2.05) is 24.3 Å². The summed E-state index contributed by atoms with van der Waals surface area (Å²) in [6, 6.07) is 29.4. The summed E-state index contributed by atoms with van der Waals surface area (Å²) in [5.41, 5.74) is 4.78. The van der Waals surface area contributed by atoms with Gasteiger partial charge in [0.2, 0.25) is 0 Å². The van der Waals surface area contributed by atoms with Crippen LogP contribution in [0.2, 0.25) is 0 Å². The van der Waals surface area contributed by atoms with E-state index in [9.17, 15) is 0 Å². The molecule has 2 nitrogen and oxygen atoms in total. The number of hydrogen-bond acceptors (Lipinski definition) is 2. The van der Waals surface area contributed by atoms with Gasteiger partial charge in [-0.1, -0.05) is 60.7 Å². The van der Waals surface area contributed by atoms with Gasteiger partial charge < -0.3 is 9.47 Å². The SMILES string of the molecule is COc1ccc(-c2ccc3ccccc3c2-c2ccc(OC)cc2)cc1. The highest BCUT2D eigenvalue weighted by Gasteiger charge is 2.12. The van der Waals surface area contributed by atoms with E-state index in [1.165, 1.54) is 33.0 Å². The molecule has 0 N–H and O–H groups in total. The molecule has 0 atom stereocenters. The second kappa shape index (κ2) is 6.93. The van der Waals surface area contributed by atoms with Gasteiger partial charge in [0.1, 0.15) is 11.5 Å². The quantitative estimate of drug-likeness (QED) is 0.441. The number of ether oxygens (including phenoxy) is 2. The Morgan fingerprint density at radius 3 is 1.73 bits per heavy atom. The first-order chi connectivity index (χ1) is 12.8. The Morgan fingerprint density at radius 2 is 1.12 bits per heavy atom. The molecule has 0 bridgehead atoms. The lowest BCUT2D eigenvalue weighted by atomic mass is 9.90. The predicted octanol–water partition coefficient (Wildman–Crippen LogP) is 6.19. The lowest BCUT2D eigenvalue weighted by Gasteiger charge is -2.15. The molecule has 4 rings (SSSR count). The van der Waals surface area contributed by atoms with Gasteiger partial charge in [0, 0.05) is 0 Å². The first-order valence-electron chi connectivity index (χ1n) is 8.61. The van der Waals surface area contributed by atoms with Gasteiger partial charge in [0.15, 0.2) is 0 Å². The summed E-state index contributed by atoms with van der Waals surface area (Å²) in [5, 5.41) is 2.47. The minimum atomic E-state index is 0.861. The third-order valence-electron chi connectivity index (χ3n) is 4.71. The smallest absolute Gasteiger partial charge is 0.118 e. The highest BCUT2D eigenvalue weighted by Crippen LogP contribution is 2.39. The lowest BCUT2D eigenvalue weighted by Crippen LogP contribution is -1.89. The fraction of sp³-hybridized carbons (Fsp3) is 0.0833. The van der Waals surface area contributed by atoms with Crippen LogP contribution in [0.25, 0.3) is 33.0 Å². The molecule has 4 aromatic carbocycles. The van der Waals surface area contributed by atoms with E-state index in [0.717, 1.165) is 11.5 Å². The van der Waals surface area contributed by atoms with Gasteiger partial charge in [-0.15, -0.1) is 0 Å². The Kier molecular flexibility index (Phi) is 4.32. The van der Waals surface area contributed by atoms with Gasteiger partial charge in [0.25, 0.3) is 0 Å². The molecule has 0 saturated heterocycles. The molecule has 0 heterocycles. The number of rotatable bonds is 4. The third kappa shape index (κ3) is 2.91. The van der Waals surface area contributed by atoms with E-state index in [1.54, 1.807) is 14.2 Å². The largest absolute Gasteiger partial charge is 0.497 e. The van der Waals surface area contributed by atoms with Gasteiger partial charge in [-0.25, -0.2) is 0 Å². The van der Waals surface area contributed by atoms with Crippen LogP contribution in [0, 0.1) is 0 Å². The second-order valence-corrected chi connectivity index (χ2v) is 6.17. The molecule has 128 valence electrons. The summed E-state index contributed by atoms with van der Waals surface area (Å²) in [7, 11) is 3.38. The molecule has 26 heavy (non-hydrogen) atoms. The van der Waals surface area contributed by atoms with Crippen molar-refractivity contribution in [3.05, 3.63) is 84.9 Å². The molecule has 0 spiro atoms. The number of fused-ring (bicyclic) bond motifs is 1. The van der Waals surface area contributed by atoms with Crippen molar-refractivity contribution in [1.29, 1.82) is 0 Å². The first-order valence-corrected chi connectivity index (χ1v) is 8.61. The van der Waals surface area contributed by atoms with Crippen molar-refractivity contribution in [1.82, 2.24) is 0 Å². The first kappa shape index (κ1) is 16.2. The standard InChI is InChI=1S/C24H20O2/c1-25-20-12-7-18(8-13-20)23-16-11-17-5-3-4-6-22(17)24(23)19-9-14-21(26-2)15-10-19/h3-16H,1-2H3. The van der Waals surface area contributed by atoms with Crippen molar-refractivity contribution >= 4 is 10.8 Å². The normalized spacial score (nSPS) is 10.7. The van der Waals surface area contributed by atoms with Crippen LogP contribution >= 0.6 is 0 Å². The molecule has 0 aliphatic heterocycles. The number of hydrogen-bond donors (Lipinski definition) is 0. The van der Waals surface area contributed by atoms with Crippen LogP contribution in [-0.2, 0) is 0 Å². The molecule has 0 amide bonds. The van der Waals surface area contributed by atoms with Crippen molar-refractivity contribution < 1.29 is 9.47 Å². The van der Waals surface area contributed by atoms with Crippen molar-refractivity contribution in [2.24, 2.45) is 0 Å². The molecule has 0 aromatic heterocycles. The topological polar surface area (TPSA) is 18.5 Å². The average Bonchev–Trinajstić information content (AvgIpc) is 2.73. The maximum absolute atomic E-state index is 5.32. The monoisotopic (exact) mass is 340 g/mol. The van der Waals surface area contributed by atoms with Crippen LogP contribution < -0.4 is 9.47 Å². The van der Waals surface area contributed by atoms with Gasteiger partial charge >= 0.3 is 0 Å². The highest BCUT2D eigenvalue weighted by molar-refractivity contribution is 6.04. The van der Waals surface area contributed by atoms with Gasteiger partial charge in [0.05, 0.1) is 14.2 Å². The zero-order chi connectivity index (χ0) is 17.9. The third-order valence-corrected chi connectivity index (χ3v) is 4.71. The van der Waals surface area contributed by atoms with Crippen molar-refractivity contribution in [3.63, 3.8) is 0 Å². The van der Waals surface area contributed by atoms with Gasteiger partial charge in [-0.2, -0.15) is 0 Å². The molecule has 0 aliphatic carbocycles. The minimum absolute atomic E-state index is 0.861. The Bertz CT molecular complexity index is 1030. The van der Waals surface area contributed by atoms with Crippen molar-refractivity contribution in [2.75, 3.05) is 14.2 Å². The Balaban J connectivity index is 1.96. The Hall–Kier alpha value is -3.26. The molecule has 0 fully saturated rings. The summed E-state index contributed by atoms with van der Waals surface area (Å²) < 4.78 is 10.6. The van der Waals surface area contributed by atoms with Crippen LogP contribution in [0.1, 0.15) is 0 Å². The number of benzene rings is 4. The Morgan fingerprint density at radius 1 is 0.538 bits per heavy atom. The summed E-state index contributed by atoms with van der Waals surface area (Å²) in [4.78, 5) is 0. The molecule has 0 aliphatic rings. The van der Waals surface area contributed by atoms with E-state index in [0.29, 0.717) is 0 Å². The molecule has 0 unspecified atom stereocenters. The van der Waals surface area contributed by atoms with Crippen LogP contribution in [0.15, 0.2) is 84.9 Å². The highest BCUT2D eigenvalue weighted by atomic mass is 16.5. The average molecular weight is 340 g/mol. The summed E-state index contributed by atoms with van der Waals surface area (Å²) in [5.74, 6) is 1.72. The fourth-order valence-corrected chi connectivity index (χ4v) is 3.35. The zero-order valence-corrected chi connectivity index (χ0v) is 14.9. The molecule has 0 saturated carbocycles. The van der Waals surface area contributed by atoms with E-state index < -0.39 is 0 Å². The Labute approximate surface area is 153 Å². The van der Waals surface area contributed by atoms with E-state index in [4.69, 9.17) is 9.47 Å². The maximum atomic E-state index is 5.32. The van der Waals surface area contributed by atoms with E-state index in [2.05, 4.69) is 60.7 Å². The van der Waals surface area contributed by atoms with E-state index >= 15 is 0 Å². The molecule has 4 aromatic rings. The molecular weight excluding hydrogens is 320 g/mol. The van der Waals surface area contributed by atoms with Gasteiger partial charge in [-0.05, 0) is 57.3 Å². The van der Waals surface area contributed by atoms with Crippen LogP contribution in [0.5, 0.6) is 11.5 Å². The summed E-state index contributed by atoms with van der Waals surface area (Å²) in [6.07, 6.45) is 0. The number of methoxy groups -OCH3 is 2. The van der Waals surface area contributed by atoms with Gasteiger partial charge in [-0.3, -0.25) is 0 Å². The second-order valence-electron chi connectivity index (χ2n) is 6.17. The summed E-state index contributed by atoms with van der Waals surface area (Å²) in [6.45, 7) is 0. The molecular formula is C24H20O2. The van der Waals surface area contributed by atoms with Crippen LogP contribution in [0.3, 0.4) is 0 Å². The van der Waals surface area contributed by atoms with Crippen LogP contribution in [-0.4, -0.2) is 14.2 Å².